The van der Waals surface area contributed by atoms with Gasteiger partial charge >= 0.3 is 0 Å². The second-order valence-electron chi connectivity index (χ2n) is 8.78. The summed E-state index contributed by atoms with van der Waals surface area (Å²) in [5.74, 6) is 1.36. The molecule has 1 aromatic heterocycles. The highest BCUT2D eigenvalue weighted by atomic mass is 79.9. The number of thiocarbonyl (C=S) groups is 1. The summed E-state index contributed by atoms with van der Waals surface area (Å²) in [6.45, 7) is 0. The molecule has 2 unspecified atom stereocenters. The third-order valence-electron chi connectivity index (χ3n) is 6.86. The summed E-state index contributed by atoms with van der Waals surface area (Å²) in [5, 5.41) is 1.11. The van der Waals surface area contributed by atoms with Crippen LogP contribution in [0.1, 0.15) is 22.9 Å². The number of ether oxygens (including phenoxy) is 2. The van der Waals surface area contributed by atoms with Crippen molar-refractivity contribution in [2.75, 3.05) is 26.2 Å². The van der Waals surface area contributed by atoms with Gasteiger partial charge in [-0.05, 0) is 67.1 Å². The van der Waals surface area contributed by atoms with Crippen molar-refractivity contribution in [3.8, 4) is 11.5 Å². The van der Waals surface area contributed by atoms with Crippen molar-refractivity contribution in [2.24, 2.45) is 0 Å². The van der Waals surface area contributed by atoms with Gasteiger partial charge in [0.1, 0.15) is 11.5 Å². The number of likely N-dealkylation sites (N-methyl/N-ethyl adjacent to an activating group) is 1. The average molecular weight is 565 g/mol. The van der Waals surface area contributed by atoms with E-state index >= 15 is 0 Å². The molecule has 1 aliphatic heterocycles. The molecule has 5 rings (SSSR count). The molecule has 3 aromatic carbocycles. The Morgan fingerprint density at radius 3 is 2.53 bits per heavy atom. The summed E-state index contributed by atoms with van der Waals surface area (Å²) in [6, 6.07) is 21.0. The number of aromatic nitrogens is 1. The Hall–Kier alpha value is -3.20. The van der Waals surface area contributed by atoms with Gasteiger partial charge < -0.3 is 14.5 Å². The molecule has 4 aromatic rings. The molecule has 1 aliphatic rings. The fourth-order valence-electron chi connectivity index (χ4n) is 5.03. The van der Waals surface area contributed by atoms with Crippen molar-refractivity contribution in [1.29, 1.82) is 0 Å². The summed E-state index contributed by atoms with van der Waals surface area (Å²) in [7, 11) is 5.26. The number of hydrogen-bond acceptors (Lipinski definition) is 5. The summed E-state index contributed by atoms with van der Waals surface area (Å²) < 4.78 is 11.7. The number of benzene rings is 3. The first-order valence-electron chi connectivity index (χ1n) is 11.5. The highest BCUT2D eigenvalue weighted by molar-refractivity contribution is 9.10. The average Bonchev–Trinajstić information content (AvgIpc) is 3.26. The zero-order valence-electron chi connectivity index (χ0n) is 20.2. The van der Waals surface area contributed by atoms with E-state index in [-0.39, 0.29) is 11.9 Å². The molecule has 2 heterocycles. The van der Waals surface area contributed by atoms with Crippen LogP contribution in [0.5, 0.6) is 11.5 Å². The van der Waals surface area contributed by atoms with Gasteiger partial charge in [0, 0.05) is 27.1 Å². The molecule has 0 spiro atoms. The van der Waals surface area contributed by atoms with Crippen molar-refractivity contribution >= 4 is 56.1 Å². The minimum absolute atomic E-state index is 0.0886. The number of H-pyrrole nitrogens is 1. The third-order valence-corrected chi connectivity index (χ3v) is 7.57. The number of methoxy groups -OCH3 is 2. The number of hydrogen-bond donors (Lipinski definition) is 1. The van der Waals surface area contributed by atoms with Gasteiger partial charge in [-0.15, -0.1) is 0 Å². The van der Waals surface area contributed by atoms with E-state index in [2.05, 4.69) is 50.1 Å². The van der Waals surface area contributed by atoms with E-state index in [9.17, 15) is 4.79 Å². The number of carbonyl (C=O) groups excluding carboxylic acids is 1. The number of nitrogens with one attached hydrogen (secondary N) is 1. The van der Waals surface area contributed by atoms with Gasteiger partial charge in [0.15, 0.2) is 0 Å². The molecular formula is C28H26BrN3O3S. The Morgan fingerprint density at radius 1 is 1.08 bits per heavy atom. The zero-order chi connectivity index (χ0) is 25.4. The van der Waals surface area contributed by atoms with Gasteiger partial charge in [0.25, 0.3) is 0 Å². The maximum Gasteiger partial charge on any atom is 0.249 e. The molecular weight excluding hydrogens is 538 g/mol. The van der Waals surface area contributed by atoms with Crippen LogP contribution in [-0.2, 0) is 11.2 Å². The van der Waals surface area contributed by atoms with Crippen LogP contribution in [0.25, 0.3) is 10.9 Å². The minimum Gasteiger partial charge on any atom is -0.497 e. The lowest BCUT2D eigenvalue weighted by molar-refractivity contribution is -0.123. The predicted molar refractivity (Wildman–Crippen MR) is 150 cm³/mol. The minimum atomic E-state index is -0.437. The first kappa shape index (κ1) is 24.5. The Morgan fingerprint density at radius 2 is 1.83 bits per heavy atom. The smallest absolute Gasteiger partial charge is 0.249 e. The van der Waals surface area contributed by atoms with Gasteiger partial charge in [0.2, 0.25) is 5.91 Å². The highest BCUT2D eigenvalue weighted by Crippen LogP contribution is 2.41. The van der Waals surface area contributed by atoms with Crippen molar-refractivity contribution in [3.05, 3.63) is 88.0 Å². The SMILES string of the molecule is COc1ccc(C2c3[nH]c4ccc(Br)cc4c3CC(C(=O)N(C=S)c3cccc(OC)c3)N2C)cc1. The van der Waals surface area contributed by atoms with Crippen molar-refractivity contribution in [1.82, 2.24) is 9.88 Å². The maximum absolute atomic E-state index is 14.1. The normalized spacial score (nSPS) is 17.4. The maximum atomic E-state index is 14.1. The second kappa shape index (κ2) is 10.0. The number of fused-ring (bicyclic) bond motifs is 3. The number of anilines is 1. The Bertz CT molecular complexity index is 1440. The monoisotopic (exact) mass is 563 g/mol. The molecule has 1 amide bonds. The molecule has 0 fully saturated rings. The topological polar surface area (TPSA) is 57.8 Å². The number of nitrogens with zero attached hydrogens (tertiary/aromatic N) is 2. The first-order valence-corrected chi connectivity index (χ1v) is 12.8. The Labute approximate surface area is 223 Å². The standard InChI is InChI=1S/C28H26BrN3O3S/c1-31-25(28(33)32(16-36)19-5-4-6-21(14-19)35-3)15-23-22-13-18(29)9-12-24(22)30-26(23)27(31)17-7-10-20(34-2)11-8-17/h4-14,16,25,27,30H,15H2,1-3H3. The van der Waals surface area contributed by atoms with Gasteiger partial charge in [-0.1, -0.05) is 46.3 Å². The van der Waals surface area contributed by atoms with Crippen LogP contribution in [0.3, 0.4) is 0 Å². The van der Waals surface area contributed by atoms with Crippen LogP contribution in [-0.4, -0.2) is 48.6 Å². The highest BCUT2D eigenvalue weighted by Gasteiger charge is 2.40. The summed E-state index contributed by atoms with van der Waals surface area (Å²) in [6.07, 6.45) is 0.553. The number of amides is 1. The van der Waals surface area contributed by atoms with E-state index in [0.717, 1.165) is 37.9 Å². The zero-order valence-corrected chi connectivity index (χ0v) is 22.6. The van der Waals surface area contributed by atoms with Crippen LogP contribution < -0.4 is 14.4 Å². The molecule has 0 radical (unpaired) electrons. The van der Waals surface area contributed by atoms with E-state index in [4.69, 9.17) is 21.7 Å². The Kier molecular flexibility index (Phi) is 6.83. The van der Waals surface area contributed by atoms with E-state index in [1.54, 1.807) is 19.1 Å². The van der Waals surface area contributed by atoms with E-state index in [1.165, 1.54) is 5.49 Å². The molecule has 1 N–H and O–H groups in total. The van der Waals surface area contributed by atoms with Crippen LogP contribution in [0, 0.1) is 0 Å². The molecule has 36 heavy (non-hydrogen) atoms. The largest absolute Gasteiger partial charge is 0.497 e. The molecule has 0 saturated carbocycles. The van der Waals surface area contributed by atoms with Crippen LogP contribution in [0.2, 0.25) is 0 Å². The first-order chi connectivity index (χ1) is 17.4. The molecule has 0 saturated heterocycles. The van der Waals surface area contributed by atoms with Gasteiger partial charge in [-0.25, -0.2) is 0 Å². The van der Waals surface area contributed by atoms with Crippen molar-refractivity contribution in [2.45, 2.75) is 18.5 Å². The quantitative estimate of drug-likeness (QED) is 0.297. The number of halogens is 1. The second-order valence-corrected chi connectivity index (χ2v) is 9.91. The summed E-state index contributed by atoms with van der Waals surface area (Å²) in [5.41, 5.74) is 6.43. The molecule has 0 aliphatic carbocycles. The van der Waals surface area contributed by atoms with Gasteiger partial charge in [-0.3, -0.25) is 14.6 Å². The van der Waals surface area contributed by atoms with Crippen molar-refractivity contribution in [3.63, 3.8) is 0 Å². The lowest BCUT2D eigenvalue weighted by Gasteiger charge is -2.40. The molecule has 0 bridgehead atoms. The van der Waals surface area contributed by atoms with E-state index < -0.39 is 6.04 Å². The van der Waals surface area contributed by atoms with Gasteiger partial charge in [0.05, 0.1) is 37.5 Å². The van der Waals surface area contributed by atoms with Crippen LogP contribution in [0.4, 0.5) is 5.69 Å². The molecule has 8 heteroatoms. The summed E-state index contributed by atoms with van der Waals surface area (Å²) >= 11 is 8.93. The molecule has 184 valence electrons. The Balaban J connectivity index is 1.62. The third kappa shape index (κ3) is 4.30. The van der Waals surface area contributed by atoms with Crippen LogP contribution in [0.15, 0.2) is 71.2 Å². The number of carbonyl (C=O) groups is 1. The van der Waals surface area contributed by atoms with Gasteiger partial charge in [-0.2, -0.15) is 0 Å². The summed E-state index contributed by atoms with van der Waals surface area (Å²) in [4.78, 5) is 21.4. The van der Waals surface area contributed by atoms with Crippen molar-refractivity contribution < 1.29 is 14.3 Å². The fraction of sp³-hybridized carbons (Fsp3) is 0.214. The fourth-order valence-corrected chi connectivity index (χ4v) is 5.61. The van der Waals surface area contributed by atoms with Crippen LogP contribution >= 0.6 is 28.1 Å². The lowest BCUT2D eigenvalue weighted by Crippen LogP contribution is -2.51. The lowest BCUT2D eigenvalue weighted by atomic mass is 9.88. The van der Waals surface area contributed by atoms with E-state index in [1.807, 2.05) is 49.5 Å². The number of rotatable bonds is 6. The van der Waals surface area contributed by atoms with E-state index in [0.29, 0.717) is 17.9 Å². The molecule has 6 nitrogen and oxygen atoms in total. The number of aromatic amines is 1. The molecule has 2 atom stereocenters. The predicted octanol–water partition coefficient (Wildman–Crippen LogP) is 5.88.